The lowest BCUT2D eigenvalue weighted by atomic mass is 10.1. The number of hydrogen-bond donors (Lipinski definition) is 2. The Kier molecular flexibility index (Phi) is 7.77. The largest absolute Gasteiger partial charge is 0.454 e. The smallest absolute Gasteiger partial charge is 0.330 e. The predicted octanol–water partition coefficient (Wildman–Crippen LogP) is 0.198. The molecule has 0 bridgehead atoms. The number of nitrogens with zero attached hydrogens (tertiary/aromatic N) is 1. The van der Waals surface area contributed by atoms with E-state index < -0.39 is 42.4 Å². The van der Waals surface area contributed by atoms with E-state index in [-0.39, 0.29) is 22.8 Å². The predicted molar refractivity (Wildman–Crippen MR) is 106 cm³/mol. The number of esters is 1. The van der Waals surface area contributed by atoms with Gasteiger partial charge in [-0.3, -0.25) is 24.1 Å². The molecular formula is C19H23N3O6S. The minimum absolute atomic E-state index is 0.126. The van der Waals surface area contributed by atoms with E-state index in [0.29, 0.717) is 6.54 Å². The maximum absolute atomic E-state index is 12.6. The number of benzene rings is 1. The van der Waals surface area contributed by atoms with E-state index in [0.717, 1.165) is 4.90 Å². The molecule has 9 nitrogen and oxygen atoms in total. The third-order valence-electron chi connectivity index (χ3n) is 4.20. The number of carbonyl (C=O) groups excluding carboxylic acids is 5. The average Bonchev–Trinajstić information content (AvgIpc) is 2.95. The van der Waals surface area contributed by atoms with Gasteiger partial charge in [0.25, 0.3) is 17.7 Å². The van der Waals surface area contributed by atoms with E-state index in [2.05, 4.69) is 10.6 Å². The number of likely N-dealkylation sites (N-methyl/N-ethyl adjacent to an activating group) is 1. The van der Waals surface area contributed by atoms with Crippen molar-refractivity contribution in [2.24, 2.45) is 0 Å². The zero-order valence-electron chi connectivity index (χ0n) is 16.4. The fraction of sp³-hybridized carbons (Fsp3) is 0.421. The first kappa shape index (κ1) is 22.4. The van der Waals surface area contributed by atoms with Crippen LogP contribution in [0.1, 0.15) is 34.6 Å². The second kappa shape index (κ2) is 10.1. The summed E-state index contributed by atoms with van der Waals surface area (Å²) in [6.45, 7) is 3.04. The van der Waals surface area contributed by atoms with E-state index in [9.17, 15) is 24.0 Å². The molecule has 1 aliphatic heterocycles. The van der Waals surface area contributed by atoms with Gasteiger partial charge in [0.05, 0.1) is 11.1 Å². The molecule has 0 radical (unpaired) electrons. The molecular weight excluding hydrogens is 398 g/mol. The molecule has 2 atom stereocenters. The van der Waals surface area contributed by atoms with Crippen molar-refractivity contribution in [3.05, 3.63) is 35.4 Å². The average molecular weight is 421 g/mol. The van der Waals surface area contributed by atoms with Crippen molar-refractivity contribution >= 4 is 41.4 Å². The molecule has 0 saturated carbocycles. The molecule has 1 heterocycles. The summed E-state index contributed by atoms with van der Waals surface area (Å²) in [4.78, 5) is 62.2. The van der Waals surface area contributed by atoms with Crippen LogP contribution >= 0.6 is 11.8 Å². The van der Waals surface area contributed by atoms with E-state index in [1.807, 2.05) is 0 Å². The number of hydrogen-bond acceptors (Lipinski definition) is 7. The first-order valence-corrected chi connectivity index (χ1v) is 10.4. The Morgan fingerprint density at radius 2 is 1.72 bits per heavy atom. The van der Waals surface area contributed by atoms with Crippen molar-refractivity contribution < 1.29 is 28.7 Å². The molecule has 0 unspecified atom stereocenters. The standard InChI is InChI=1S/C19H23N3O6S/c1-4-20-16(24)11(2)21-15(23)9-28-19(27)14(10-29-3)22-17(25)12-7-5-6-8-13(12)18(22)26/h5-8,11,14H,4,9-10H2,1-3H3,(H,20,24)(H,21,23)/t11-,14+/m0/s1. The zero-order valence-corrected chi connectivity index (χ0v) is 17.2. The highest BCUT2D eigenvalue weighted by molar-refractivity contribution is 7.98. The quantitative estimate of drug-likeness (QED) is 0.431. The lowest BCUT2D eigenvalue weighted by Gasteiger charge is -2.24. The van der Waals surface area contributed by atoms with Gasteiger partial charge in [-0.2, -0.15) is 11.8 Å². The van der Waals surface area contributed by atoms with Gasteiger partial charge in [-0.05, 0) is 32.2 Å². The van der Waals surface area contributed by atoms with Crippen LogP contribution in [0, 0.1) is 0 Å². The maximum atomic E-state index is 12.6. The molecule has 2 rings (SSSR count). The molecule has 1 aromatic rings. The number of thioether (sulfide) groups is 1. The monoisotopic (exact) mass is 421 g/mol. The van der Waals surface area contributed by atoms with Crippen LogP contribution in [0.15, 0.2) is 24.3 Å². The van der Waals surface area contributed by atoms with Crippen LogP contribution in [0.4, 0.5) is 0 Å². The van der Waals surface area contributed by atoms with Crippen LogP contribution in [0.3, 0.4) is 0 Å². The molecule has 1 aliphatic rings. The van der Waals surface area contributed by atoms with Gasteiger partial charge in [-0.15, -0.1) is 0 Å². The van der Waals surface area contributed by atoms with Crippen molar-refractivity contribution in [1.82, 2.24) is 15.5 Å². The molecule has 0 spiro atoms. The molecule has 0 saturated heterocycles. The van der Waals surface area contributed by atoms with Crippen LogP contribution in [-0.4, -0.2) is 71.7 Å². The van der Waals surface area contributed by atoms with Gasteiger partial charge >= 0.3 is 5.97 Å². The van der Waals surface area contributed by atoms with Crippen molar-refractivity contribution in [3.63, 3.8) is 0 Å². The number of imide groups is 1. The molecule has 0 fully saturated rings. The van der Waals surface area contributed by atoms with Crippen molar-refractivity contribution in [2.45, 2.75) is 25.9 Å². The second-order valence-corrected chi connectivity index (χ2v) is 7.20. The highest BCUT2D eigenvalue weighted by Gasteiger charge is 2.43. The van der Waals surface area contributed by atoms with Crippen molar-refractivity contribution in [1.29, 1.82) is 0 Å². The molecule has 29 heavy (non-hydrogen) atoms. The number of amides is 4. The van der Waals surface area contributed by atoms with Gasteiger partial charge in [0, 0.05) is 12.3 Å². The third-order valence-corrected chi connectivity index (χ3v) is 4.85. The Bertz CT molecular complexity index is 793. The number of rotatable bonds is 9. The number of fused-ring (bicyclic) bond motifs is 1. The number of carbonyl (C=O) groups is 5. The summed E-state index contributed by atoms with van der Waals surface area (Å²) in [6.07, 6.45) is 1.72. The first-order valence-electron chi connectivity index (χ1n) is 9.01. The summed E-state index contributed by atoms with van der Waals surface area (Å²) >= 11 is 1.26. The van der Waals surface area contributed by atoms with Gasteiger partial charge in [-0.25, -0.2) is 4.79 Å². The van der Waals surface area contributed by atoms with Crippen molar-refractivity contribution in [2.75, 3.05) is 25.2 Å². The summed E-state index contributed by atoms with van der Waals surface area (Å²) in [7, 11) is 0. The van der Waals surface area contributed by atoms with E-state index in [4.69, 9.17) is 4.74 Å². The van der Waals surface area contributed by atoms with Crippen LogP contribution in [0.2, 0.25) is 0 Å². The Labute approximate surface area is 172 Å². The van der Waals surface area contributed by atoms with Crippen LogP contribution in [-0.2, 0) is 19.1 Å². The van der Waals surface area contributed by atoms with E-state index >= 15 is 0 Å². The Balaban J connectivity index is 2.02. The van der Waals surface area contributed by atoms with Crippen molar-refractivity contribution in [3.8, 4) is 0 Å². The molecule has 4 amide bonds. The maximum Gasteiger partial charge on any atom is 0.330 e. The summed E-state index contributed by atoms with van der Waals surface area (Å²) < 4.78 is 5.02. The fourth-order valence-corrected chi connectivity index (χ4v) is 3.41. The lowest BCUT2D eigenvalue weighted by molar-refractivity contribution is -0.152. The minimum atomic E-state index is -1.16. The highest BCUT2D eigenvalue weighted by Crippen LogP contribution is 2.26. The van der Waals surface area contributed by atoms with Gasteiger partial charge in [0.15, 0.2) is 6.61 Å². The number of ether oxygens (including phenoxy) is 1. The van der Waals surface area contributed by atoms with Gasteiger partial charge < -0.3 is 15.4 Å². The fourth-order valence-electron chi connectivity index (χ4n) is 2.81. The van der Waals surface area contributed by atoms with Gasteiger partial charge in [-0.1, -0.05) is 12.1 Å². The summed E-state index contributed by atoms with van der Waals surface area (Å²) in [5.41, 5.74) is 0.454. The molecule has 156 valence electrons. The Morgan fingerprint density at radius 1 is 1.14 bits per heavy atom. The van der Waals surface area contributed by atoms with Crippen LogP contribution in [0.25, 0.3) is 0 Å². The topological polar surface area (TPSA) is 122 Å². The minimum Gasteiger partial charge on any atom is -0.454 e. The summed E-state index contributed by atoms with van der Waals surface area (Å²) in [5, 5.41) is 4.97. The lowest BCUT2D eigenvalue weighted by Crippen LogP contribution is -2.49. The number of nitrogens with one attached hydrogen (secondary N) is 2. The van der Waals surface area contributed by atoms with Gasteiger partial charge in [0.2, 0.25) is 5.91 Å². The highest BCUT2D eigenvalue weighted by atomic mass is 32.2. The molecule has 1 aromatic carbocycles. The van der Waals surface area contributed by atoms with Crippen LogP contribution in [0.5, 0.6) is 0 Å². The van der Waals surface area contributed by atoms with Crippen LogP contribution < -0.4 is 10.6 Å². The Morgan fingerprint density at radius 3 is 2.24 bits per heavy atom. The third kappa shape index (κ3) is 5.14. The molecule has 2 N–H and O–H groups in total. The molecule has 0 aliphatic carbocycles. The van der Waals surface area contributed by atoms with E-state index in [1.54, 1.807) is 25.3 Å². The van der Waals surface area contributed by atoms with Gasteiger partial charge in [0.1, 0.15) is 12.1 Å². The summed E-state index contributed by atoms with van der Waals surface area (Å²) in [6, 6.07) is 4.36. The Hall–Kier alpha value is -2.88. The second-order valence-electron chi connectivity index (χ2n) is 6.29. The normalized spacial score (nSPS) is 14.8. The SMILES string of the molecule is CCNC(=O)[C@H](C)NC(=O)COC(=O)[C@@H](CSC)N1C(=O)c2ccccc2C1=O. The summed E-state index contributed by atoms with van der Waals surface area (Å²) in [5.74, 6) is -2.91. The molecule has 0 aromatic heterocycles. The van der Waals surface area contributed by atoms with E-state index in [1.165, 1.54) is 30.8 Å². The first-order chi connectivity index (χ1) is 13.8. The molecule has 10 heteroatoms. The zero-order chi connectivity index (χ0) is 21.6.